The summed E-state index contributed by atoms with van der Waals surface area (Å²) in [5.74, 6) is -0.529. The monoisotopic (exact) mass is 494 g/mol. The Morgan fingerprint density at radius 3 is 2.38 bits per heavy atom. The Balaban J connectivity index is 1.38. The number of carbonyl (C=O) groups excluding carboxylic acids is 1. The van der Waals surface area contributed by atoms with Crippen molar-refractivity contribution in [3.05, 3.63) is 93.0 Å². The summed E-state index contributed by atoms with van der Waals surface area (Å²) in [6.07, 6.45) is 1.61. The minimum absolute atomic E-state index is 0.153. The summed E-state index contributed by atoms with van der Waals surface area (Å²) >= 11 is 12.1. The fraction of sp³-hybridized carbons (Fsp3) is 0.269. The number of piperidine rings is 1. The average molecular weight is 495 g/mol. The predicted molar refractivity (Wildman–Crippen MR) is 130 cm³/mol. The summed E-state index contributed by atoms with van der Waals surface area (Å²) in [6, 6.07) is 17.4. The fourth-order valence-corrected chi connectivity index (χ4v) is 5.54. The minimum atomic E-state index is -0.311. The zero-order valence-electron chi connectivity index (χ0n) is 18.3. The van der Waals surface area contributed by atoms with Gasteiger partial charge in [-0.25, -0.2) is 9.37 Å². The van der Waals surface area contributed by atoms with Crippen LogP contribution in [0.5, 0.6) is 0 Å². The van der Waals surface area contributed by atoms with Gasteiger partial charge in [0.05, 0.1) is 11.6 Å². The molecule has 1 spiro atoms. The second-order valence-electron chi connectivity index (χ2n) is 8.92. The predicted octanol–water partition coefficient (Wildman–Crippen LogP) is 5.59. The van der Waals surface area contributed by atoms with Gasteiger partial charge in [0, 0.05) is 29.8 Å². The third-order valence-electron chi connectivity index (χ3n) is 6.84. The van der Waals surface area contributed by atoms with E-state index in [0.717, 1.165) is 49.3 Å². The largest absolute Gasteiger partial charge is 0.307 e. The van der Waals surface area contributed by atoms with E-state index in [0.29, 0.717) is 17.7 Å². The second-order valence-corrected chi connectivity index (χ2v) is 9.69. The molecule has 8 heteroatoms. The Kier molecular flexibility index (Phi) is 6.03. The van der Waals surface area contributed by atoms with E-state index in [-0.39, 0.29) is 27.4 Å². The first-order chi connectivity index (χ1) is 16.4. The van der Waals surface area contributed by atoms with Gasteiger partial charge in [-0.15, -0.1) is 0 Å². The molecule has 2 aromatic carbocycles. The van der Waals surface area contributed by atoms with Crippen LogP contribution in [0.15, 0.2) is 54.6 Å². The maximum absolute atomic E-state index is 14.3. The number of rotatable bonds is 3. The fourth-order valence-electron chi connectivity index (χ4n) is 5.08. The number of amides is 1. The molecule has 1 fully saturated rings. The number of nitrogens with zero attached hydrogens (tertiary/aromatic N) is 4. The zero-order valence-corrected chi connectivity index (χ0v) is 19.8. The molecule has 0 unspecified atom stereocenters. The number of aromatic nitrogens is 1. The van der Waals surface area contributed by atoms with Crippen LogP contribution in [-0.4, -0.2) is 35.4 Å². The summed E-state index contributed by atoms with van der Waals surface area (Å²) in [4.78, 5) is 21.4. The molecular formula is C26H21Cl2FN4O. The first kappa shape index (κ1) is 22.8. The van der Waals surface area contributed by atoms with Crippen molar-refractivity contribution in [1.29, 1.82) is 5.26 Å². The third kappa shape index (κ3) is 4.27. The molecule has 5 rings (SSSR count). The van der Waals surface area contributed by atoms with E-state index < -0.39 is 0 Å². The van der Waals surface area contributed by atoms with Gasteiger partial charge < -0.3 is 4.90 Å². The molecule has 1 aromatic heterocycles. The van der Waals surface area contributed by atoms with Gasteiger partial charge in [-0.2, -0.15) is 5.26 Å². The van der Waals surface area contributed by atoms with Crippen molar-refractivity contribution in [2.45, 2.75) is 24.8 Å². The first-order valence-electron chi connectivity index (χ1n) is 11.0. The molecule has 0 atom stereocenters. The highest BCUT2D eigenvalue weighted by molar-refractivity contribution is 6.33. The molecule has 2 aliphatic heterocycles. The van der Waals surface area contributed by atoms with Crippen LogP contribution in [0.4, 0.5) is 10.1 Å². The highest BCUT2D eigenvalue weighted by Crippen LogP contribution is 2.48. The van der Waals surface area contributed by atoms with Gasteiger partial charge in [-0.05, 0) is 79.5 Å². The van der Waals surface area contributed by atoms with Gasteiger partial charge >= 0.3 is 0 Å². The molecule has 1 amide bonds. The van der Waals surface area contributed by atoms with Gasteiger partial charge in [-0.1, -0.05) is 35.3 Å². The molecule has 34 heavy (non-hydrogen) atoms. The Morgan fingerprint density at radius 1 is 1.06 bits per heavy atom. The number of likely N-dealkylation sites (tertiary alicyclic amines) is 1. The quantitative estimate of drug-likeness (QED) is 0.445. The van der Waals surface area contributed by atoms with E-state index in [1.807, 2.05) is 24.3 Å². The number of pyridine rings is 1. The average Bonchev–Trinajstić information content (AvgIpc) is 3.13. The molecule has 0 N–H and O–H groups in total. The Labute approximate surface area is 207 Å². The molecule has 1 saturated heterocycles. The number of hydrogen-bond donors (Lipinski definition) is 0. The van der Waals surface area contributed by atoms with Crippen LogP contribution >= 0.6 is 23.2 Å². The molecule has 3 aromatic rings. The maximum Gasteiger partial charge on any atom is 0.258 e. The van der Waals surface area contributed by atoms with Crippen molar-refractivity contribution < 1.29 is 9.18 Å². The van der Waals surface area contributed by atoms with Crippen molar-refractivity contribution in [3.8, 4) is 6.07 Å². The summed E-state index contributed by atoms with van der Waals surface area (Å²) in [5.41, 5.74) is 3.45. The minimum Gasteiger partial charge on any atom is -0.307 e. The van der Waals surface area contributed by atoms with Gasteiger partial charge in [0.1, 0.15) is 16.1 Å². The van der Waals surface area contributed by atoms with E-state index in [1.54, 1.807) is 17.0 Å². The smallest absolute Gasteiger partial charge is 0.258 e. The van der Waals surface area contributed by atoms with E-state index in [9.17, 15) is 9.18 Å². The van der Waals surface area contributed by atoms with E-state index in [2.05, 4.69) is 16.0 Å². The van der Waals surface area contributed by atoms with E-state index >= 15 is 0 Å². The van der Waals surface area contributed by atoms with E-state index in [4.69, 9.17) is 28.5 Å². The van der Waals surface area contributed by atoms with Gasteiger partial charge in [0.15, 0.2) is 0 Å². The van der Waals surface area contributed by atoms with Crippen molar-refractivity contribution in [1.82, 2.24) is 9.88 Å². The third-order valence-corrected chi connectivity index (χ3v) is 7.23. The molecule has 0 bridgehead atoms. The molecule has 0 aliphatic carbocycles. The van der Waals surface area contributed by atoms with Crippen LogP contribution in [-0.2, 0) is 12.0 Å². The Morgan fingerprint density at radius 2 is 1.74 bits per heavy atom. The number of halogens is 3. The lowest BCUT2D eigenvalue weighted by Crippen LogP contribution is -2.45. The van der Waals surface area contributed by atoms with Crippen molar-refractivity contribution in [2.24, 2.45) is 0 Å². The van der Waals surface area contributed by atoms with Crippen LogP contribution in [0.3, 0.4) is 0 Å². The first-order valence-corrected chi connectivity index (χ1v) is 11.8. The van der Waals surface area contributed by atoms with Crippen molar-refractivity contribution in [2.75, 3.05) is 24.5 Å². The molecule has 0 saturated carbocycles. The van der Waals surface area contributed by atoms with Crippen LogP contribution in [0.25, 0.3) is 0 Å². The number of nitriles is 1. The molecular weight excluding hydrogens is 474 g/mol. The van der Waals surface area contributed by atoms with Gasteiger partial charge in [0.2, 0.25) is 0 Å². The summed E-state index contributed by atoms with van der Waals surface area (Å²) in [7, 11) is 0. The Hall–Kier alpha value is -2.98. The van der Waals surface area contributed by atoms with Crippen molar-refractivity contribution in [3.63, 3.8) is 0 Å². The lowest BCUT2D eigenvalue weighted by atomic mass is 9.74. The lowest BCUT2D eigenvalue weighted by molar-refractivity contribution is 0.0975. The highest BCUT2D eigenvalue weighted by Gasteiger charge is 2.46. The Bertz CT molecular complexity index is 1280. The molecule has 2 aliphatic rings. The van der Waals surface area contributed by atoms with Gasteiger partial charge in [0.25, 0.3) is 5.91 Å². The standard InChI is InChI=1S/C26H21Cl2FN4O/c27-23-11-19(12-24(28)31-23)25(34)33-16-26(21-13-20(29)5-6-22(21)33)7-9-32(10-8-26)15-18-3-1-17(14-30)2-4-18/h1-6,11-13H,7-10,15-16H2. The SMILES string of the molecule is N#Cc1ccc(CN2CCC3(CC2)CN(C(=O)c2cc(Cl)nc(Cl)c2)c2ccc(F)cc23)cc1. The zero-order chi connectivity index (χ0) is 23.9. The second kappa shape index (κ2) is 8.99. The summed E-state index contributed by atoms with van der Waals surface area (Å²) < 4.78 is 14.3. The van der Waals surface area contributed by atoms with Crippen LogP contribution in [0.2, 0.25) is 10.3 Å². The number of anilines is 1. The highest BCUT2D eigenvalue weighted by atomic mass is 35.5. The summed E-state index contributed by atoms with van der Waals surface area (Å²) in [6.45, 7) is 2.91. The lowest BCUT2D eigenvalue weighted by Gasteiger charge is -2.40. The van der Waals surface area contributed by atoms with Gasteiger partial charge in [-0.3, -0.25) is 9.69 Å². The molecule has 5 nitrogen and oxygen atoms in total. The van der Waals surface area contributed by atoms with Crippen LogP contribution in [0, 0.1) is 17.1 Å². The number of carbonyl (C=O) groups is 1. The normalized spacial score (nSPS) is 16.9. The molecule has 172 valence electrons. The molecule has 3 heterocycles. The topological polar surface area (TPSA) is 60.2 Å². The maximum atomic E-state index is 14.3. The number of hydrogen-bond acceptors (Lipinski definition) is 4. The number of fused-ring (bicyclic) bond motifs is 2. The molecule has 0 radical (unpaired) electrons. The van der Waals surface area contributed by atoms with E-state index in [1.165, 1.54) is 18.2 Å². The van der Waals surface area contributed by atoms with Crippen molar-refractivity contribution >= 4 is 34.8 Å². The summed E-state index contributed by atoms with van der Waals surface area (Å²) in [5, 5.41) is 9.30. The number of benzene rings is 2. The van der Waals surface area contributed by atoms with Crippen LogP contribution < -0.4 is 4.90 Å². The van der Waals surface area contributed by atoms with Crippen LogP contribution in [0.1, 0.15) is 39.9 Å².